The van der Waals surface area contributed by atoms with Crippen LogP contribution in [-0.2, 0) is 9.53 Å². The lowest BCUT2D eigenvalue weighted by molar-refractivity contribution is -0.143. The molecule has 0 unspecified atom stereocenters. The molecule has 7 heteroatoms. The molecule has 1 N–H and O–H groups in total. The summed E-state index contributed by atoms with van der Waals surface area (Å²) in [6.45, 7) is 2.49. The second kappa shape index (κ2) is 7.60. The van der Waals surface area contributed by atoms with Crippen molar-refractivity contribution in [3.63, 3.8) is 0 Å². The summed E-state index contributed by atoms with van der Waals surface area (Å²) in [6.07, 6.45) is 3.39. The highest BCUT2D eigenvalue weighted by atomic mass is 35.5. The molecule has 0 aliphatic rings. The van der Waals surface area contributed by atoms with Crippen LogP contribution < -0.4 is 5.32 Å². The van der Waals surface area contributed by atoms with Gasteiger partial charge >= 0.3 is 5.97 Å². The van der Waals surface area contributed by atoms with Crippen molar-refractivity contribution in [2.45, 2.75) is 19.8 Å². The standard InChI is InChI=1S/C11H14ClN3O3/c1-2-18-10(16)4-3-5-13-11(17)8-6-15-9(12)7-14-8/h6-7H,2-5H2,1H3,(H,13,17). The molecule has 18 heavy (non-hydrogen) atoms. The predicted molar refractivity (Wildman–Crippen MR) is 65.2 cm³/mol. The van der Waals surface area contributed by atoms with Crippen LogP contribution >= 0.6 is 11.6 Å². The van der Waals surface area contributed by atoms with Crippen molar-refractivity contribution in [1.29, 1.82) is 0 Å². The number of nitrogens with zero attached hydrogens (tertiary/aromatic N) is 2. The van der Waals surface area contributed by atoms with E-state index in [1.54, 1.807) is 6.92 Å². The maximum atomic E-state index is 11.6. The van der Waals surface area contributed by atoms with Crippen LogP contribution in [0.5, 0.6) is 0 Å². The number of hydrogen-bond acceptors (Lipinski definition) is 5. The van der Waals surface area contributed by atoms with Crippen molar-refractivity contribution in [2.75, 3.05) is 13.2 Å². The molecular formula is C11H14ClN3O3. The second-order valence-corrected chi connectivity index (χ2v) is 3.78. The number of carbonyl (C=O) groups excluding carboxylic acids is 2. The average molecular weight is 272 g/mol. The van der Waals surface area contributed by atoms with Crippen molar-refractivity contribution in [3.05, 3.63) is 23.2 Å². The first-order valence-corrected chi connectivity index (χ1v) is 5.92. The fourth-order valence-corrected chi connectivity index (χ4v) is 1.29. The lowest BCUT2D eigenvalue weighted by Gasteiger charge is -2.04. The summed E-state index contributed by atoms with van der Waals surface area (Å²) in [7, 11) is 0. The van der Waals surface area contributed by atoms with Crippen molar-refractivity contribution in [1.82, 2.24) is 15.3 Å². The molecule has 0 fully saturated rings. The van der Waals surface area contributed by atoms with E-state index in [0.29, 0.717) is 19.6 Å². The summed E-state index contributed by atoms with van der Waals surface area (Å²) in [6, 6.07) is 0. The maximum Gasteiger partial charge on any atom is 0.305 e. The van der Waals surface area contributed by atoms with Gasteiger partial charge in [-0.15, -0.1) is 0 Å². The minimum absolute atomic E-state index is 0.190. The first-order valence-electron chi connectivity index (χ1n) is 5.55. The van der Waals surface area contributed by atoms with Crippen molar-refractivity contribution in [3.8, 4) is 0 Å². The number of ether oxygens (including phenoxy) is 1. The number of esters is 1. The molecule has 0 saturated heterocycles. The number of carbonyl (C=O) groups is 2. The summed E-state index contributed by atoms with van der Waals surface area (Å²) in [5.41, 5.74) is 0.190. The van der Waals surface area contributed by atoms with Crippen LogP contribution in [0, 0.1) is 0 Å². The number of halogens is 1. The van der Waals surface area contributed by atoms with Gasteiger partial charge in [-0.2, -0.15) is 0 Å². The Bertz CT molecular complexity index is 408. The van der Waals surface area contributed by atoms with E-state index in [1.807, 2.05) is 0 Å². The zero-order valence-corrected chi connectivity index (χ0v) is 10.7. The first-order chi connectivity index (χ1) is 8.63. The Morgan fingerprint density at radius 2 is 2.17 bits per heavy atom. The van der Waals surface area contributed by atoms with Crippen molar-refractivity contribution < 1.29 is 14.3 Å². The van der Waals surface area contributed by atoms with Crippen LogP contribution in [0.4, 0.5) is 0 Å². The normalized spacial score (nSPS) is 9.89. The van der Waals surface area contributed by atoms with Crippen LogP contribution in [0.1, 0.15) is 30.3 Å². The molecule has 0 atom stereocenters. The number of hydrogen-bond donors (Lipinski definition) is 1. The SMILES string of the molecule is CCOC(=O)CCCNC(=O)c1cnc(Cl)cn1. The molecule has 0 bridgehead atoms. The summed E-state index contributed by atoms with van der Waals surface area (Å²) in [4.78, 5) is 30.1. The second-order valence-electron chi connectivity index (χ2n) is 3.39. The van der Waals surface area contributed by atoms with Gasteiger partial charge in [0.2, 0.25) is 0 Å². The van der Waals surface area contributed by atoms with E-state index in [9.17, 15) is 9.59 Å². The minimum atomic E-state index is -0.344. The number of nitrogens with one attached hydrogen (secondary N) is 1. The summed E-state index contributed by atoms with van der Waals surface area (Å²) < 4.78 is 4.76. The fourth-order valence-electron chi connectivity index (χ4n) is 1.19. The molecule has 0 saturated carbocycles. The molecule has 0 radical (unpaired) electrons. The molecule has 1 amide bonds. The number of aromatic nitrogens is 2. The van der Waals surface area contributed by atoms with Crippen LogP contribution in [0.15, 0.2) is 12.4 Å². The van der Waals surface area contributed by atoms with Gasteiger partial charge in [-0.05, 0) is 13.3 Å². The topological polar surface area (TPSA) is 81.2 Å². The van der Waals surface area contributed by atoms with E-state index >= 15 is 0 Å². The zero-order chi connectivity index (χ0) is 13.4. The van der Waals surface area contributed by atoms with Gasteiger partial charge in [0.15, 0.2) is 0 Å². The van der Waals surface area contributed by atoms with Gasteiger partial charge in [0.25, 0.3) is 5.91 Å². The van der Waals surface area contributed by atoms with Gasteiger partial charge in [0.1, 0.15) is 10.8 Å². The molecule has 0 aliphatic carbocycles. The molecular weight excluding hydrogens is 258 g/mol. The minimum Gasteiger partial charge on any atom is -0.466 e. The molecule has 98 valence electrons. The largest absolute Gasteiger partial charge is 0.466 e. The Hall–Kier alpha value is -1.69. The van der Waals surface area contributed by atoms with Gasteiger partial charge in [0, 0.05) is 13.0 Å². The predicted octanol–water partition coefficient (Wildman–Crippen LogP) is 1.20. The van der Waals surface area contributed by atoms with Crippen molar-refractivity contribution >= 4 is 23.5 Å². The lowest BCUT2D eigenvalue weighted by Crippen LogP contribution is -2.26. The molecule has 0 aliphatic heterocycles. The Balaban J connectivity index is 2.25. The number of amides is 1. The third kappa shape index (κ3) is 5.09. The quantitative estimate of drug-likeness (QED) is 0.621. The monoisotopic (exact) mass is 271 g/mol. The first kappa shape index (κ1) is 14.4. The molecule has 0 spiro atoms. The van der Waals surface area contributed by atoms with Gasteiger partial charge in [-0.3, -0.25) is 9.59 Å². The zero-order valence-electron chi connectivity index (χ0n) is 9.98. The molecule has 0 aromatic carbocycles. The Labute approximate surface area is 110 Å². The Morgan fingerprint density at radius 1 is 1.39 bits per heavy atom. The molecule has 1 aromatic rings. The summed E-state index contributed by atoms with van der Waals surface area (Å²) in [5, 5.41) is 2.85. The summed E-state index contributed by atoms with van der Waals surface area (Å²) in [5.74, 6) is -0.610. The van der Waals surface area contributed by atoms with E-state index in [-0.39, 0.29) is 29.1 Å². The maximum absolute atomic E-state index is 11.6. The Morgan fingerprint density at radius 3 is 2.78 bits per heavy atom. The van der Waals surface area contributed by atoms with Crippen LogP contribution in [-0.4, -0.2) is 35.0 Å². The van der Waals surface area contributed by atoms with E-state index in [0.717, 1.165) is 0 Å². The molecule has 1 rings (SSSR count). The molecule has 6 nitrogen and oxygen atoms in total. The third-order valence-corrected chi connectivity index (χ3v) is 2.20. The van der Waals surface area contributed by atoms with Gasteiger partial charge in [-0.1, -0.05) is 11.6 Å². The lowest BCUT2D eigenvalue weighted by atomic mass is 10.3. The van der Waals surface area contributed by atoms with Crippen LogP contribution in [0.25, 0.3) is 0 Å². The van der Waals surface area contributed by atoms with E-state index in [1.165, 1.54) is 12.4 Å². The smallest absolute Gasteiger partial charge is 0.305 e. The van der Waals surface area contributed by atoms with Gasteiger partial charge in [0.05, 0.1) is 19.0 Å². The highest BCUT2D eigenvalue weighted by molar-refractivity contribution is 6.29. The van der Waals surface area contributed by atoms with E-state index in [2.05, 4.69) is 15.3 Å². The van der Waals surface area contributed by atoms with Crippen LogP contribution in [0.3, 0.4) is 0 Å². The number of rotatable bonds is 6. The van der Waals surface area contributed by atoms with E-state index < -0.39 is 0 Å². The van der Waals surface area contributed by atoms with Crippen molar-refractivity contribution in [2.24, 2.45) is 0 Å². The average Bonchev–Trinajstić information content (AvgIpc) is 2.35. The Kier molecular flexibility index (Phi) is 6.07. The molecule has 1 heterocycles. The third-order valence-electron chi connectivity index (χ3n) is 2.00. The molecule has 1 aromatic heterocycles. The highest BCUT2D eigenvalue weighted by Crippen LogP contribution is 2.01. The van der Waals surface area contributed by atoms with Crippen LogP contribution in [0.2, 0.25) is 5.15 Å². The van der Waals surface area contributed by atoms with E-state index in [4.69, 9.17) is 16.3 Å². The highest BCUT2D eigenvalue weighted by Gasteiger charge is 2.07. The van der Waals surface area contributed by atoms with Gasteiger partial charge in [-0.25, -0.2) is 9.97 Å². The summed E-state index contributed by atoms with van der Waals surface area (Å²) >= 11 is 5.55. The fraction of sp³-hybridized carbons (Fsp3) is 0.455. The van der Waals surface area contributed by atoms with Gasteiger partial charge < -0.3 is 10.1 Å².